The van der Waals surface area contributed by atoms with Gasteiger partial charge in [0.15, 0.2) is 0 Å². The minimum absolute atomic E-state index is 0.133. The molecular weight excluding hydrogens is 430 g/mol. The smallest absolute Gasteiger partial charge is 0.349 e. The van der Waals surface area contributed by atoms with E-state index in [0.717, 1.165) is 21.3 Å². The fourth-order valence-corrected chi connectivity index (χ4v) is 3.60. The molecule has 1 aromatic heterocycles. The maximum absolute atomic E-state index is 13.2. The van der Waals surface area contributed by atoms with Crippen LogP contribution in [0, 0.1) is 0 Å². The molecule has 0 bridgehead atoms. The van der Waals surface area contributed by atoms with Crippen LogP contribution in [0.4, 0.5) is 0 Å². The number of hydrogen-bond acceptors (Lipinski definition) is 5. The van der Waals surface area contributed by atoms with Crippen LogP contribution in [0.25, 0.3) is 0 Å². The Labute approximate surface area is 197 Å². The van der Waals surface area contributed by atoms with Gasteiger partial charge in [0.25, 0.3) is 5.88 Å². The van der Waals surface area contributed by atoms with E-state index in [9.17, 15) is 9.59 Å². The summed E-state index contributed by atoms with van der Waals surface area (Å²) < 4.78 is 13.8. The fraction of sp³-hybridized carbons (Fsp3) is 0.222. The maximum Gasteiger partial charge on any atom is 0.349 e. The monoisotopic (exact) mass is 457 g/mol. The van der Waals surface area contributed by atoms with Crippen molar-refractivity contribution in [3.63, 3.8) is 0 Å². The summed E-state index contributed by atoms with van der Waals surface area (Å²) >= 11 is 0. The van der Waals surface area contributed by atoms with Gasteiger partial charge >= 0.3 is 11.2 Å². The molecule has 174 valence electrons. The Balaban J connectivity index is 1.61. The molecule has 0 aliphatic heterocycles. The van der Waals surface area contributed by atoms with Crippen molar-refractivity contribution in [1.29, 1.82) is 0 Å². The molecule has 1 unspecified atom stereocenters. The lowest BCUT2D eigenvalue weighted by Crippen LogP contribution is -2.43. The van der Waals surface area contributed by atoms with Gasteiger partial charge in [0.05, 0.1) is 12.6 Å². The molecule has 0 saturated carbocycles. The fourth-order valence-electron chi connectivity index (χ4n) is 3.60. The van der Waals surface area contributed by atoms with E-state index in [-0.39, 0.29) is 31.9 Å². The van der Waals surface area contributed by atoms with Crippen LogP contribution in [0.3, 0.4) is 0 Å². The first-order valence-electron chi connectivity index (χ1n) is 11.2. The molecule has 0 fully saturated rings. The lowest BCUT2D eigenvalue weighted by Gasteiger charge is -2.17. The van der Waals surface area contributed by atoms with Gasteiger partial charge in [-0.2, -0.15) is 0 Å². The summed E-state index contributed by atoms with van der Waals surface area (Å²) in [6.07, 6.45) is 0.578. The highest BCUT2D eigenvalue weighted by Gasteiger charge is 2.19. The summed E-state index contributed by atoms with van der Waals surface area (Å²) in [5.74, 6) is -0.133. The van der Waals surface area contributed by atoms with E-state index in [2.05, 4.69) is 5.10 Å². The molecule has 7 heteroatoms. The molecule has 0 N–H and O–H groups in total. The van der Waals surface area contributed by atoms with Gasteiger partial charge in [0, 0.05) is 0 Å². The van der Waals surface area contributed by atoms with Gasteiger partial charge in [-0.3, -0.25) is 4.79 Å². The normalized spacial score (nSPS) is 11.8. The van der Waals surface area contributed by atoms with Crippen LogP contribution >= 0.6 is 0 Å². The van der Waals surface area contributed by atoms with Gasteiger partial charge in [-0.05, 0) is 30.0 Å². The Morgan fingerprint density at radius 1 is 0.765 bits per heavy atom. The van der Waals surface area contributed by atoms with E-state index in [0.29, 0.717) is 6.42 Å². The van der Waals surface area contributed by atoms with Crippen molar-refractivity contribution in [2.75, 3.05) is 0 Å². The molecule has 0 radical (unpaired) electrons. The minimum atomic E-state index is -0.614. The summed E-state index contributed by atoms with van der Waals surface area (Å²) in [5.41, 5.74) is 1.76. The summed E-state index contributed by atoms with van der Waals surface area (Å²) in [6, 6.07) is 28.6. The Morgan fingerprint density at radius 3 is 1.88 bits per heavy atom. The molecule has 0 amide bonds. The van der Waals surface area contributed by atoms with Gasteiger partial charge in [-0.1, -0.05) is 91.0 Å². The topological polar surface area (TPSA) is 75.3 Å². The summed E-state index contributed by atoms with van der Waals surface area (Å²) in [4.78, 5) is 26.3. The zero-order chi connectivity index (χ0) is 23.8. The van der Waals surface area contributed by atoms with Crippen molar-refractivity contribution in [2.24, 2.45) is 0 Å². The molecule has 0 spiro atoms. The van der Waals surface area contributed by atoms with Crippen LogP contribution < -0.4 is 16.0 Å². The number of rotatable bonds is 10. The van der Waals surface area contributed by atoms with E-state index in [1.165, 1.54) is 4.68 Å². The summed E-state index contributed by atoms with van der Waals surface area (Å²) in [7, 11) is 0. The van der Waals surface area contributed by atoms with Gasteiger partial charge < -0.3 is 9.47 Å². The van der Waals surface area contributed by atoms with Crippen molar-refractivity contribution < 1.29 is 9.47 Å². The first-order valence-corrected chi connectivity index (χ1v) is 11.2. The molecule has 3 aromatic carbocycles. The van der Waals surface area contributed by atoms with Crippen molar-refractivity contribution in [3.8, 4) is 5.88 Å². The highest BCUT2D eigenvalue weighted by molar-refractivity contribution is 5.17. The third-order valence-corrected chi connectivity index (χ3v) is 5.40. The molecule has 4 aromatic rings. The third kappa shape index (κ3) is 5.88. The lowest BCUT2D eigenvalue weighted by molar-refractivity contribution is 0.0551. The maximum atomic E-state index is 13.2. The van der Waals surface area contributed by atoms with Crippen LogP contribution in [0.1, 0.15) is 29.7 Å². The van der Waals surface area contributed by atoms with Gasteiger partial charge in [0.1, 0.15) is 13.3 Å². The van der Waals surface area contributed by atoms with Crippen LogP contribution in [-0.4, -0.2) is 14.3 Å². The second-order valence-corrected chi connectivity index (χ2v) is 8.04. The zero-order valence-corrected chi connectivity index (χ0v) is 19.0. The molecule has 7 nitrogen and oxygen atoms in total. The molecule has 0 saturated heterocycles. The van der Waals surface area contributed by atoms with E-state index >= 15 is 0 Å². The average molecular weight is 458 g/mol. The van der Waals surface area contributed by atoms with Gasteiger partial charge in [-0.15, -0.1) is 5.10 Å². The molecule has 34 heavy (non-hydrogen) atoms. The minimum Gasteiger partial charge on any atom is -0.468 e. The van der Waals surface area contributed by atoms with Crippen molar-refractivity contribution in [3.05, 3.63) is 129 Å². The second-order valence-electron chi connectivity index (χ2n) is 8.04. The molecule has 1 heterocycles. The zero-order valence-electron chi connectivity index (χ0n) is 19.0. The Kier molecular flexibility index (Phi) is 7.67. The van der Waals surface area contributed by atoms with Crippen LogP contribution in [0.5, 0.6) is 5.88 Å². The standard InChI is InChI=1S/C27H27N3O4/c1-21(17-22-11-5-2-6-12-22)30-27(32)29(20-33-18-23-13-7-3-8-14-23)26(31)25(28-30)34-19-24-15-9-4-10-16-24/h2-16,21H,17-20H2,1H3. The first kappa shape index (κ1) is 23.2. The van der Waals surface area contributed by atoms with Crippen LogP contribution in [0.2, 0.25) is 0 Å². The number of hydrogen-bond donors (Lipinski definition) is 0. The summed E-state index contributed by atoms with van der Waals surface area (Å²) in [5, 5.41) is 4.30. The predicted molar refractivity (Wildman–Crippen MR) is 130 cm³/mol. The van der Waals surface area contributed by atoms with Gasteiger partial charge in [0.2, 0.25) is 0 Å². The van der Waals surface area contributed by atoms with E-state index in [1.54, 1.807) is 0 Å². The number of ether oxygens (including phenoxy) is 2. The Hall–Kier alpha value is -3.97. The SMILES string of the molecule is CC(Cc1ccccc1)n1nc(OCc2ccccc2)c(=O)n(COCc2ccccc2)c1=O. The molecule has 4 rings (SSSR count). The lowest BCUT2D eigenvalue weighted by atomic mass is 10.1. The van der Waals surface area contributed by atoms with E-state index in [4.69, 9.17) is 9.47 Å². The average Bonchev–Trinajstić information content (AvgIpc) is 2.87. The van der Waals surface area contributed by atoms with E-state index in [1.807, 2.05) is 97.9 Å². The van der Waals surface area contributed by atoms with Crippen LogP contribution in [0.15, 0.2) is 101 Å². The Bertz CT molecular complexity index is 1300. The van der Waals surface area contributed by atoms with E-state index < -0.39 is 11.2 Å². The van der Waals surface area contributed by atoms with Crippen LogP contribution in [-0.2, 0) is 31.1 Å². The number of aromatic nitrogens is 3. The Morgan fingerprint density at radius 2 is 1.29 bits per heavy atom. The molecule has 0 aliphatic carbocycles. The highest BCUT2D eigenvalue weighted by atomic mass is 16.5. The third-order valence-electron chi connectivity index (χ3n) is 5.40. The predicted octanol–water partition coefficient (Wildman–Crippen LogP) is 3.96. The van der Waals surface area contributed by atoms with Gasteiger partial charge in [-0.25, -0.2) is 14.0 Å². The number of nitrogens with zero attached hydrogens (tertiary/aromatic N) is 3. The molecule has 0 aliphatic rings. The summed E-state index contributed by atoms with van der Waals surface area (Å²) in [6.45, 7) is 2.13. The largest absolute Gasteiger partial charge is 0.468 e. The molecule has 1 atom stereocenters. The molecular formula is C27H27N3O4. The second kappa shape index (κ2) is 11.2. The highest BCUT2D eigenvalue weighted by Crippen LogP contribution is 2.12. The van der Waals surface area contributed by atoms with Crippen molar-refractivity contribution >= 4 is 0 Å². The number of benzene rings is 3. The first-order chi connectivity index (χ1) is 16.6. The quantitative estimate of drug-likeness (QED) is 0.360. The van der Waals surface area contributed by atoms with Crippen molar-refractivity contribution in [1.82, 2.24) is 14.3 Å². The van der Waals surface area contributed by atoms with Crippen molar-refractivity contribution in [2.45, 2.75) is 39.3 Å².